The van der Waals surface area contributed by atoms with Gasteiger partial charge in [0.2, 0.25) is 0 Å². The maximum absolute atomic E-state index is 11.5. The Kier molecular flexibility index (Phi) is 5.41. The molecule has 0 bridgehead atoms. The number of nitrogens with one attached hydrogen (secondary N) is 1. The zero-order valence-electron chi connectivity index (χ0n) is 11.4. The lowest BCUT2D eigenvalue weighted by atomic mass is 9.97. The minimum absolute atomic E-state index is 0.0832. The quantitative estimate of drug-likeness (QED) is 0.794. The molecule has 4 nitrogen and oxygen atoms in total. The van der Waals surface area contributed by atoms with Gasteiger partial charge < -0.3 is 10.2 Å². The second kappa shape index (κ2) is 6.16. The molecule has 1 rings (SSSR count). The summed E-state index contributed by atoms with van der Waals surface area (Å²) in [5, 5.41) is 3.05. The van der Waals surface area contributed by atoms with Gasteiger partial charge in [-0.3, -0.25) is 0 Å². The third kappa shape index (κ3) is 4.56. The number of piperidine rings is 1. The maximum atomic E-state index is 11.5. The lowest BCUT2D eigenvalue weighted by molar-refractivity contribution is 0.193. The highest BCUT2D eigenvalue weighted by molar-refractivity contribution is 7.91. The fourth-order valence-electron chi connectivity index (χ4n) is 2.35. The van der Waals surface area contributed by atoms with E-state index in [0.717, 1.165) is 19.6 Å². The fourth-order valence-corrected chi connectivity index (χ4v) is 3.28. The van der Waals surface area contributed by atoms with E-state index in [9.17, 15) is 8.42 Å². The second-order valence-electron chi connectivity index (χ2n) is 5.41. The number of nitrogens with zero attached hydrogens (tertiary/aromatic N) is 1. The van der Waals surface area contributed by atoms with Crippen LogP contribution in [0, 0.1) is 5.92 Å². The number of hydrogen-bond donors (Lipinski definition) is 1. The molecule has 0 saturated carbocycles. The summed E-state index contributed by atoms with van der Waals surface area (Å²) in [6.45, 7) is 7.00. The van der Waals surface area contributed by atoms with Gasteiger partial charge in [0, 0.05) is 18.8 Å². The van der Waals surface area contributed by atoms with Gasteiger partial charge in [-0.05, 0) is 52.7 Å². The molecule has 1 fully saturated rings. The normalized spacial score (nSPS) is 22.6. The predicted octanol–water partition coefficient (Wildman–Crippen LogP) is 0.739. The van der Waals surface area contributed by atoms with E-state index < -0.39 is 9.84 Å². The van der Waals surface area contributed by atoms with Gasteiger partial charge in [-0.2, -0.15) is 0 Å². The van der Waals surface area contributed by atoms with Gasteiger partial charge in [-0.15, -0.1) is 0 Å². The molecule has 0 spiro atoms. The Labute approximate surface area is 106 Å². The van der Waals surface area contributed by atoms with Crippen molar-refractivity contribution in [2.24, 2.45) is 5.92 Å². The number of rotatable bonds is 5. The second-order valence-corrected chi connectivity index (χ2v) is 7.81. The van der Waals surface area contributed by atoms with Crippen LogP contribution in [0.3, 0.4) is 0 Å². The van der Waals surface area contributed by atoms with Gasteiger partial charge in [-0.1, -0.05) is 0 Å². The standard InChI is InChI=1S/C12H26N2O2S/c1-10(11(2)17(4,15)16)14(3)9-12-5-7-13-8-6-12/h10-13H,5-9H2,1-4H3. The molecular formula is C12H26N2O2S. The Morgan fingerprint density at radius 3 is 2.29 bits per heavy atom. The molecular weight excluding hydrogens is 236 g/mol. The Bertz CT molecular complexity index is 323. The van der Waals surface area contributed by atoms with Crippen LogP contribution in [0.15, 0.2) is 0 Å². The summed E-state index contributed by atoms with van der Waals surface area (Å²) in [6.07, 6.45) is 3.72. The fraction of sp³-hybridized carbons (Fsp3) is 1.00. The summed E-state index contributed by atoms with van der Waals surface area (Å²) in [6, 6.07) is 0.0832. The highest BCUT2D eigenvalue weighted by Crippen LogP contribution is 2.16. The SMILES string of the molecule is CC(C(C)S(C)(=O)=O)N(C)CC1CCNCC1. The Balaban J connectivity index is 2.48. The van der Waals surface area contributed by atoms with E-state index in [-0.39, 0.29) is 11.3 Å². The van der Waals surface area contributed by atoms with Gasteiger partial charge in [0.05, 0.1) is 5.25 Å². The molecule has 1 saturated heterocycles. The monoisotopic (exact) mass is 262 g/mol. The van der Waals surface area contributed by atoms with Crippen molar-refractivity contribution < 1.29 is 8.42 Å². The molecule has 0 aromatic carbocycles. The van der Waals surface area contributed by atoms with Gasteiger partial charge in [0.1, 0.15) is 0 Å². The van der Waals surface area contributed by atoms with E-state index >= 15 is 0 Å². The highest BCUT2D eigenvalue weighted by atomic mass is 32.2. The molecule has 1 aliphatic heterocycles. The summed E-state index contributed by atoms with van der Waals surface area (Å²) in [5.41, 5.74) is 0. The molecule has 0 aliphatic carbocycles. The van der Waals surface area contributed by atoms with E-state index in [1.54, 1.807) is 6.92 Å². The first-order chi connectivity index (χ1) is 7.82. The smallest absolute Gasteiger partial charge is 0.151 e. The van der Waals surface area contributed by atoms with Gasteiger partial charge in [-0.25, -0.2) is 8.42 Å². The van der Waals surface area contributed by atoms with Crippen molar-refractivity contribution in [3.63, 3.8) is 0 Å². The summed E-state index contributed by atoms with van der Waals surface area (Å²) in [7, 11) is -0.906. The third-order valence-electron chi connectivity index (χ3n) is 4.05. The summed E-state index contributed by atoms with van der Waals surface area (Å²) >= 11 is 0. The van der Waals surface area contributed by atoms with Crippen LogP contribution in [0.25, 0.3) is 0 Å². The molecule has 102 valence electrons. The van der Waals surface area contributed by atoms with E-state index in [4.69, 9.17) is 0 Å². The van der Waals surface area contributed by atoms with Crippen LogP contribution in [-0.4, -0.2) is 57.5 Å². The molecule has 1 aliphatic rings. The van der Waals surface area contributed by atoms with Gasteiger partial charge in [0.15, 0.2) is 9.84 Å². The Morgan fingerprint density at radius 2 is 1.82 bits per heavy atom. The average molecular weight is 262 g/mol. The molecule has 0 radical (unpaired) electrons. The minimum atomic E-state index is -2.94. The van der Waals surface area contributed by atoms with Crippen molar-refractivity contribution in [3.05, 3.63) is 0 Å². The van der Waals surface area contributed by atoms with Crippen LogP contribution >= 0.6 is 0 Å². The van der Waals surface area contributed by atoms with Crippen molar-refractivity contribution in [3.8, 4) is 0 Å². The van der Waals surface area contributed by atoms with Crippen LogP contribution in [0.4, 0.5) is 0 Å². The molecule has 17 heavy (non-hydrogen) atoms. The largest absolute Gasteiger partial charge is 0.317 e. The van der Waals surface area contributed by atoms with Crippen LogP contribution in [0.2, 0.25) is 0 Å². The molecule has 1 N–H and O–H groups in total. The zero-order valence-corrected chi connectivity index (χ0v) is 12.3. The molecule has 0 aromatic heterocycles. The van der Waals surface area contributed by atoms with E-state index in [1.807, 2.05) is 14.0 Å². The van der Waals surface area contributed by atoms with Crippen LogP contribution < -0.4 is 5.32 Å². The first-order valence-electron chi connectivity index (χ1n) is 6.42. The predicted molar refractivity (Wildman–Crippen MR) is 72.0 cm³/mol. The number of hydrogen-bond acceptors (Lipinski definition) is 4. The highest BCUT2D eigenvalue weighted by Gasteiger charge is 2.27. The first kappa shape index (κ1) is 14.9. The maximum Gasteiger partial charge on any atom is 0.151 e. The Hall–Kier alpha value is -0.130. The minimum Gasteiger partial charge on any atom is -0.317 e. The summed E-state index contributed by atoms with van der Waals surface area (Å²) in [5.74, 6) is 0.704. The van der Waals surface area contributed by atoms with Crippen molar-refractivity contribution >= 4 is 9.84 Å². The molecule has 1 heterocycles. The molecule has 2 unspecified atom stereocenters. The van der Waals surface area contributed by atoms with Crippen molar-refractivity contribution in [1.29, 1.82) is 0 Å². The lowest BCUT2D eigenvalue weighted by Crippen LogP contribution is -2.44. The zero-order chi connectivity index (χ0) is 13.1. The van der Waals surface area contributed by atoms with Crippen molar-refractivity contribution in [2.75, 3.05) is 32.9 Å². The average Bonchev–Trinajstić information content (AvgIpc) is 2.27. The topological polar surface area (TPSA) is 49.4 Å². The van der Waals surface area contributed by atoms with E-state index in [1.165, 1.54) is 19.1 Å². The van der Waals surface area contributed by atoms with E-state index in [0.29, 0.717) is 5.92 Å². The van der Waals surface area contributed by atoms with Crippen molar-refractivity contribution in [1.82, 2.24) is 10.2 Å². The summed E-state index contributed by atoms with van der Waals surface area (Å²) < 4.78 is 23.1. The van der Waals surface area contributed by atoms with Crippen LogP contribution in [0.1, 0.15) is 26.7 Å². The van der Waals surface area contributed by atoms with Crippen LogP contribution in [-0.2, 0) is 9.84 Å². The molecule has 2 atom stereocenters. The molecule has 0 amide bonds. The first-order valence-corrected chi connectivity index (χ1v) is 8.37. The Morgan fingerprint density at radius 1 is 1.29 bits per heavy atom. The molecule has 5 heteroatoms. The van der Waals surface area contributed by atoms with Gasteiger partial charge in [0.25, 0.3) is 0 Å². The van der Waals surface area contributed by atoms with Crippen molar-refractivity contribution in [2.45, 2.75) is 38.0 Å². The third-order valence-corrected chi connectivity index (χ3v) is 5.80. The van der Waals surface area contributed by atoms with E-state index in [2.05, 4.69) is 10.2 Å². The summed E-state index contributed by atoms with van der Waals surface area (Å²) in [4.78, 5) is 2.20. The number of sulfone groups is 1. The van der Waals surface area contributed by atoms with Gasteiger partial charge >= 0.3 is 0 Å². The lowest BCUT2D eigenvalue weighted by Gasteiger charge is -2.33. The molecule has 0 aromatic rings. The van der Waals surface area contributed by atoms with Crippen LogP contribution in [0.5, 0.6) is 0 Å².